The Balaban J connectivity index is 2.59. The zero-order chi connectivity index (χ0) is 13.9. The van der Waals surface area contributed by atoms with Gasteiger partial charge in [0.15, 0.2) is 0 Å². The minimum atomic E-state index is -0.729. The number of carbonyl (C=O) groups is 2. The van der Waals surface area contributed by atoms with Gasteiger partial charge in [0.2, 0.25) is 11.8 Å². The molecule has 0 aromatic rings. The number of rotatable bonds is 4. The summed E-state index contributed by atoms with van der Waals surface area (Å²) in [6.45, 7) is 6.27. The van der Waals surface area contributed by atoms with E-state index < -0.39 is 5.41 Å². The predicted octanol–water partition coefficient (Wildman–Crippen LogP) is -0.667. The number of hydrogen-bond acceptors (Lipinski definition) is 4. The van der Waals surface area contributed by atoms with E-state index in [9.17, 15) is 9.59 Å². The third kappa shape index (κ3) is 3.20. The Labute approximate surface area is 108 Å². The lowest BCUT2D eigenvalue weighted by molar-refractivity contribution is -0.143. The molecule has 1 fully saturated rings. The number of carbonyl (C=O) groups excluding carboxylic acids is 2. The molecule has 1 saturated heterocycles. The summed E-state index contributed by atoms with van der Waals surface area (Å²) in [5, 5.41) is 2.75. The van der Waals surface area contributed by atoms with Gasteiger partial charge in [-0.05, 0) is 20.8 Å². The smallest absolute Gasteiger partial charge is 0.239 e. The molecule has 0 bridgehead atoms. The van der Waals surface area contributed by atoms with Crippen LogP contribution in [0.5, 0.6) is 0 Å². The van der Waals surface area contributed by atoms with E-state index in [-0.39, 0.29) is 30.4 Å². The minimum absolute atomic E-state index is 0.0410. The number of nitrogens with two attached hydrogens (primary N) is 1. The van der Waals surface area contributed by atoms with Crippen molar-refractivity contribution >= 4 is 11.8 Å². The summed E-state index contributed by atoms with van der Waals surface area (Å²) in [6, 6.07) is -0.255. The van der Waals surface area contributed by atoms with Crippen molar-refractivity contribution in [1.82, 2.24) is 10.2 Å². The largest absolute Gasteiger partial charge is 0.379 e. The van der Waals surface area contributed by atoms with Crippen molar-refractivity contribution in [3.8, 4) is 0 Å². The van der Waals surface area contributed by atoms with E-state index >= 15 is 0 Å². The van der Waals surface area contributed by atoms with Crippen molar-refractivity contribution in [2.24, 2.45) is 11.1 Å². The van der Waals surface area contributed by atoms with Crippen LogP contribution in [-0.4, -0.2) is 55.6 Å². The molecule has 18 heavy (non-hydrogen) atoms. The molecular weight excluding hydrogens is 234 g/mol. The summed E-state index contributed by atoms with van der Waals surface area (Å²) in [7, 11) is 1.61. The van der Waals surface area contributed by atoms with Crippen LogP contribution in [0.15, 0.2) is 0 Å². The molecule has 6 nitrogen and oxygen atoms in total. The molecule has 6 heteroatoms. The minimum Gasteiger partial charge on any atom is -0.379 e. The summed E-state index contributed by atoms with van der Waals surface area (Å²) in [4.78, 5) is 25.3. The van der Waals surface area contributed by atoms with Gasteiger partial charge in [0.05, 0.1) is 25.2 Å². The monoisotopic (exact) mass is 257 g/mol. The second-order valence-corrected chi connectivity index (χ2v) is 5.42. The number of amides is 2. The SMILES string of the molecule is CC(C)NC(=O)CN(C)C(=O)C1(C)COCC1N. The Morgan fingerprint density at radius 3 is 2.61 bits per heavy atom. The molecule has 1 heterocycles. The summed E-state index contributed by atoms with van der Waals surface area (Å²) < 4.78 is 5.24. The van der Waals surface area contributed by atoms with E-state index in [1.807, 2.05) is 13.8 Å². The van der Waals surface area contributed by atoms with Crippen LogP contribution in [-0.2, 0) is 14.3 Å². The van der Waals surface area contributed by atoms with Gasteiger partial charge in [-0.3, -0.25) is 9.59 Å². The molecule has 0 saturated carbocycles. The van der Waals surface area contributed by atoms with Crippen LogP contribution in [0.2, 0.25) is 0 Å². The first-order valence-electron chi connectivity index (χ1n) is 6.15. The Morgan fingerprint density at radius 1 is 1.56 bits per heavy atom. The number of hydrogen-bond donors (Lipinski definition) is 2. The van der Waals surface area contributed by atoms with Gasteiger partial charge < -0.3 is 20.7 Å². The molecule has 2 unspecified atom stereocenters. The third-order valence-electron chi connectivity index (χ3n) is 3.18. The quantitative estimate of drug-likeness (QED) is 0.700. The van der Waals surface area contributed by atoms with Crippen LogP contribution in [0, 0.1) is 5.41 Å². The average Bonchev–Trinajstić information content (AvgIpc) is 2.58. The highest BCUT2D eigenvalue weighted by molar-refractivity contribution is 5.88. The van der Waals surface area contributed by atoms with Crippen LogP contribution >= 0.6 is 0 Å². The second kappa shape index (κ2) is 5.67. The van der Waals surface area contributed by atoms with Gasteiger partial charge in [-0.1, -0.05) is 0 Å². The highest BCUT2D eigenvalue weighted by Crippen LogP contribution is 2.28. The molecule has 0 spiro atoms. The van der Waals surface area contributed by atoms with E-state index in [1.165, 1.54) is 4.90 Å². The van der Waals surface area contributed by atoms with Gasteiger partial charge in [-0.25, -0.2) is 0 Å². The van der Waals surface area contributed by atoms with E-state index in [4.69, 9.17) is 10.5 Å². The molecule has 0 aromatic carbocycles. The van der Waals surface area contributed by atoms with Crippen LogP contribution in [0.3, 0.4) is 0 Å². The molecule has 1 aliphatic heterocycles. The van der Waals surface area contributed by atoms with Crippen molar-refractivity contribution < 1.29 is 14.3 Å². The zero-order valence-corrected chi connectivity index (χ0v) is 11.5. The maximum Gasteiger partial charge on any atom is 0.239 e. The van der Waals surface area contributed by atoms with Gasteiger partial charge in [0.1, 0.15) is 0 Å². The molecular formula is C12H23N3O3. The number of nitrogens with one attached hydrogen (secondary N) is 1. The normalized spacial score (nSPS) is 27.3. The van der Waals surface area contributed by atoms with Crippen molar-refractivity contribution in [2.45, 2.75) is 32.9 Å². The predicted molar refractivity (Wildman–Crippen MR) is 67.8 cm³/mol. The summed E-state index contributed by atoms with van der Waals surface area (Å²) in [5.74, 6) is -0.316. The molecule has 104 valence electrons. The molecule has 0 aromatic heterocycles. The van der Waals surface area contributed by atoms with E-state index in [1.54, 1.807) is 14.0 Å². The molecule has 0 radical (unpaired) electrons. The summed E-state index contributed by atoms with van der Waals surface area (Å²) >= 11 is 0. The Bertz CT molecular complexity index is 333. The van der Waals surface area contributed by atoms with Crippen molar-refractivity contribution in [2.75, 3.05) is 26.8 Å². The highest BCUT2D eigenvalue weighted by Gasteiger charge is 2.45. The standard InChI is InChI=1S/C12H23N3O3/c1-8(2)14-10(16)5-15(4)11(17)12(3)7-18-6-9(12)13/h8-9H,5-7,13H2,1-4H3,(H,14,16). The van der Waals surface area contributed by atoms with E-state index in [0.717, 1.165) is 0 Å². The molecule has 2 atom stereocenters. The van der Waals surface area contributed by atoms with Gasteiger partial charge in [-0.15, -0.1) is 0 Å². The van der Waals surface area contributed by atoms with Crippen LogP contribution in [0.4, 0.5) is 0 Å². The molecule has 0 aliphatic carbocycles. The van der Waals surface area contributed by atoms with Crippen LogP contribution in [0.25, 0.3) is 0 Å². The molecule has 1 rings (SSSR count). The number of likely N-dealkylation sites (N-methyl/N-ethyl adjacent to an activating group) is 1. The first-order valence-corrected chi connectivity index (χ1v) is 6.15. The maximum atomic E-state index is 12.3. The van der Waals surface area contributed by atoms with E-state index in [0.29, 0.717) is 13.2 Å². The lowest BCUT2D eigenvalue weighted by atomic mass is 9.84. The maximum absolute atomic E-state index is 12.3. The Morgan fingerprint density at radius 2 is 2.17 bits per heavy atom. The lowest BCUT2D eigenvalue weighted by Crippen LogP contribution is -2.52. The van der Waals surface area contributed by atoms with Gasteiger partial charge in [0.25, 0.3) is 0 Å². The first kappa shape index (κ1) is 14.9. The van der Waals surface area contributed by atoms with Crippen molar-refractivity contribution in [3.05, 3.63) is 0 Å². The topological polar surface area (TPSA) is 84.7 Å². The summed E-state index contributed by atoms with van der Waals surface area (Å²) in [5.41, 5.74) is 5.16. The zero-order valence-electron chi connectivity index (χ0n) is 11.5. The highest BCUT2D eigenvalue weighted by atomic mass is 16.5. The number of ether oxygens (including phenoxy) is 1. The van der Waals surface area contributed by atoms with E-state index in [2.05, 4.69) is 5.32 Å². The van der Waals surface area contributed by atoms with Gasteiger partial charge in [-0.2, -0.15) is 0 Å². The Hall–Kier alpha value is -1.14. The third-order valence-corrected chi connectivity index (χ3v) is 3.18. The molecule has 3 N–H and O–H groups in total. The fourth-order valence-corrected chi connectivity index (χ4v) is 2.00. The van der Waals surface area contributed by atoms with Gasteiger partial charge in [0, 0.05) is 19.1 Å². The van der Waals surface area contributed by atoms with Gasteiger partial charge >= 0.3 is 0 Å². The van der Waals surface area contributed by atoms with Crippen LogP contribution in [0.1, 0.15) is 20.8 Å². The van der Waals surface area contributed by atoms with Crippen molar-refractivity contribution in [3.63, 3.8) is 0 Å². The number of nitrogens with zero attached hydrogens (tertiary/aromatic N) is 1. The second-order valence-electron chi connectivity index (χ2n) is 5.42. The Kier molecular flexibility index (Phi) is 4.70. The average molecular weight is 257 g/mol. The lowest BCUT2D eigenvalue weighted by Gasteiger charge is -2.30. The fourth-order valence-electron chi connectivity index (χ4n) is 2.00. The van der Waals surface area contributed by atoms with Crippen molar-refractivity contribution in [1.29, 1.82) is 0 Å². The molecule has 1 aliphatic rings. The molecule has 2 amide bonds. The fraction of sp³-hybridized carbons (Fsp3) is 0.833. The first-order chi connectivity index (χ1) is 8.27. The van der Waals surface area contributed by atoms with Crippen LogP contribution < -0.4 is 11.1 Å². The summed E-state index contributed by atoms with van der Waals surface area (Å²) in [6.07, 6.45) is 0.